The van der Waals surface area contributed by atoms with E-state index in [1.807, 2.05) is 48.5 Å². The number of carbonyl (C=O) groups excluding carboxylic acids is 1. The summed E-state index contributed by atoms with van der Waals surface area (Å²) >= 11 is 1.56. The quantitative estimate of drug-likeness (QED) is 0.550. The minimum Gasteiger partial charge on any atom is -0.508 e. The number of hydrogen-bond acceptors (Lipinski definition) is 4. The van der Waals surface area contributed by atoms with Gasteiger partial charge in [0.25, 0.3) is 0 Å². The van der Waals surface area contributed by atoms with E-state index in [-0.39, 0.29) is 5.75 Å². The lowest BCUT2D eigenvalue weighted by atomic mass is 9.90. The van der Waals surface area contributed by atoms with Crippen LogP contribution in [0.5, 0.6) is 11.5 Å². The van der Waals surface area contributed by atoms with Crippen LogP contribution in [-0.4, -0.2) is 11.1 Å². The predicted octanol–water partition coefficient (Wildman–Crippen LogP) is 4.59. The highest BCUT2D eigenvalue weighted by molar-refractivity contribution is 7.99. The van der Waals surface area contributed by atoms with Crippen LogP contribution in [0.1, 0.15) is 17.0 Å². The fraction of sp³-hybridized carbons (Fsp3) is 0.0500. The van der Waals surface area contributed by atoms with E-state index in [9.17, 15) is 9.90 Å². The van der Waals surface area contributed by atoms with Gasteiger partial charge in [0.1, 0.15) is 17.4 Å². The van der Waals surface area contributed by atoms with Crippen molar-refractivity contribution in [2.24, 2.45) is 0 Å². The van der Waals surface area contributed by atoms with Gasteiger partial charge < -0.3 is 9.84 Å². The van der Waals surface area contributed by atoms with Crippen LogP contribution in [0.2, 0.25) is 0 Å². The SMILES string of the molecule is O=C(Oc1ccccc1)C1c2ccccc2Sc2cccc(O)c21. The third-order valence-electron chi connectivity index (χ3n) is 3.98. The number of benzene rings is 3. The topological polar surface area (TPSA) is 46.5 Å². The summed E-state index contributed by atoms with van der Waals surface area (Å²) in [7, 11) is 0. The van der Waals surface area contributed by atoms with E-state index in [0.29, 0.717) is 11.3 Å². The average Bonchev–Trinajstić information content (AvgIpc) is 2.61. The second-order valence-electron chi connectivity index (χ2n) is 5.50. The molecule has 0 spiro atoms. The van der Waals surface area contributed by atoms with Crippen molar-refractivity contribution in [3.8, 4) is 11.5 Å². The van der Waals surface area contributed by atoms with Crippen LogP contribution in [0.3, 0.4) is 0 Å². The van der Waals surface area contributed by atoms with Gasteiger partial charge in [-0.2, -0.15) is 0 Å². The van der Waals surface area contributed by atoms with Crippen molar-refractivity contribution in [3.05, 3.63) is 83.9 Å². The molecule has 118 valence electrons. The first-order chi connectivity index (χ1) is 11.7. The highest BCUT2D eigenvalue weighted by Crippen LogP contribution is 2.49. The maximum atomic E-state index is 12.9. The number of para-hydroxylation sites is 1. The molecule has 0 radical (unpaired) electrons. The minimum absolute atomic E-state index is 0.115. The lowest BCUT2D eigenvalue weighted by Crippen LogP contribution is -2.23. The van der Waals surface area contributed by atoms with Gasteiger partial charge >= 0.3 is 5.97 Å². The number of esters is 1. The summed E-state index contributed by atoms with van der Waals surface area (Å²) in [4.78, 5) is 14.8. The first-order valence-corrected chi connectivity index (χ1v) is 8.41. The smallest absolute Gasteiger partial charge is 0.323 e. The third-order valence-corrected chi connectivity index (χ3v) is 5.15. The van der Waals surface area contributed by atoms with Crippen molar-refractivity contribution in [2.75, 3.05) is 0 Å². The molecule has 1 aliphatic heterocycles. The summed E-state index contributed by atoms with van der Waals surface area (Å²) in [6.45, 7) is 0. The average molecular weight is 334 g/mol. The number of carbonyl (C=O) groups is 1. The molecule has 0 aromatic heterocycles. The molecule has 0 saturated heterocycles. The first-order valence-electron chi connectivity index (χ1n) is 7.59. The maximum Gasteiger partial charge on any atom is 0.323 e. The molecule has 0 aliphatic carbocycles. The van der Waals surface area contributed by atoms with Crippen LogP contribution >= 0.6 is 11.8 Å². The Kier molecular flexibility index (Phi) is 3.75. The molecule has 1 aliphatic rings. The second kappa shape index (κ2) is 6.06. The minimum atomic E-state index is -0.640. The second-order valence-corrected chi connectivity index (χ2v) is 6.58. The molecule has 24 heavy (non-hydrogen) atoms. The van der Waals surface area contributed by atoms with Crippen LogP contribution in [0.4, 0.5) is 0 Å². The fourth-order valence-corrected chi connectivity index (χ4v) is 4.07. The zero-order valence-electron chi connectivity index (χ0n) is 12.7. The normalized spacial score (nSPS) is 15.2. The molecular formula is C20H14O3S. The van der Waals surface area contributed by atoms with Gasteiger partial charge in [-0.05, 0) is 35.9 Å². The molecule has 0 bridgehead atoms. The van der Waals surface area contributed by atoms with Gasteiger partial charge in [-0.25, -0.2) is 0 Å². The van der Waals surface area contributed by atoms with E-state index in [2.05, 4.69) is 0 Å². The zero-order chi connectivity index (χ0) is 16.5. The van der Waals surface area contributed by atoms with Crippen molar-refractivity contribution in [2.45, 2.75) is 15.7 Å². The van der Waals surface area contributed by atoms with Gasteiger partial charge in [0.2, 0.25) is 0 Å². The van der Waals surface area contributed by atoms with Gasteiger partial charge in [0.05, 0.1) is 0 Å². The van der Waals surface area contributed by atoms with Crippen molar-refractivity contribution in [1.82, 2.24) is 0 Å². The Hall–Kier alpha value is -2.72. The molecule has 3 aromatic carbocycles. The molecule has 1 unspecified atom stereocenters. The Morgan fingerprint density at radius 2 is 1.58 bits per heavy atom. The lowest BCUT2D eigenvalue weighted by molar-refractivity contribution is -0.135. The van der Waals surface area contributed by atoms with Crippen LogP contribution in [0.15, 0.2) is 82.6 Å². The van der Waals surface area contributed by atoms with Gasteiger partial charge in [-0.15, -0.1) is 0 Å². The Labute approximate surface area is 143 Å². The zero-order valence-corrected chi connectivity index (χ0v) is 13.5. The highest BCUT2D eigenvalue weighted by Gasteiger charge is 2.35. The molecule has 1 heterocycles. The van der Waals surface area contributed by atoms with Crippen molar-refractivity contribution in [3.63, 3.8) is 0 Å². The summed E-state index contributed by atoms with van der Waals surface area (Å²) in [5.41, 5.74) is 1.47. The molecule has 0 fully saturated rings. The van der Waals surface area contributed by atoms with Crippen LogP contribution in [0, 0.1) is 0 Å². The van der Waals surface area contributed by atoms with Gasteiger partial charge in [-0.1, -0.05) is 54.2 Å². The maximum absolute atomic E-state index is 12.9. The standard InChI is InChI=1S/C20H14O3S/c21-15-10-6-12-17-19(15)18(14-9-4-5-11-16(14)24-17)20(22)23-13-7-2-1-3-8-13/h1-12,18,21H. The van der Waals surface area contributed by atoms with Gasteiger partial charge in [-0.3, -0.25) is 4.79 Å². The molecular weight excluding hydrogens is 320 g/mol. The number of fused-ring (bicyclic) bond motifs is 2. The van der Waals surface area contributed by atoms with Crippen molar-refractivity contribution >= 4 is 17.7 Å². The Morgan fingerprint density at radius 3 is 2.42 bits per heavy atom. The number of hydrogen-bond donors (Lipinski definition) is 1. The number of aromatic hydroxyl groups is 1. The van der Waals surface area contributed by atoms with Gasteiger partial charge in [0.15, 0.2) is 0 Å². The van der Waals surface area contributed by atoms with E-state index in [1.54, 1.807) is 36.0 Å². The molecule has 0 saturated carbocycles. The summed E-state index contributed by atoms with van der Waals surface area (Å²) in [6.07, 6.45) is 0. The fourth-order valence-electron chi connectivity index (χ4n) is 2.91. The summed E-state index contributed by atoms with van der Waals surface area (Å²) in [5.74, 6) is -0.421. The van der Waals surface area contributed by atoms with Crippen LogP contribution in [-0.2, 0) is 4.79 Å². The Bertz CT molecular complexity index is 906. The van der Waals surface area contributed by atoms with E-state index >= 15 is 0 Å². The molecule has 1 N–H and O–H groups in total. The van der Waals surface area contributed by atoms with Crippen molar-refractivity contribution in [1.29, 1.82) is 0 Å². The molecule has 0 amide bonds. The molecule has 4 heteroatoms. The van der Waals surface area contributed by atoms with Crippen LogP contribution < -0.4 is 4.74 Å². The van der Waals surface area contributed by atoms with Gasteiger partial charge in [0, 0.05) is 15.4 Å². The highest BCUT2D eigenvalue weighted by atomic mass is 32.2. The Morgan fingerprint density at radius 1 is 0.875 bits per heavy atom. The van der Waals surface area contributed by atoms with E-state index in [1.165, 1.54) is 0 Å². The van der Waals surface area contributed by atoms with E-state index in [0.717, 1.165) is 15.4 Å². The predicted molar refractivity (Wildman–Crippen MR) is 92.6 cm³/mol. The number of phenols is 1. The molecule has 4 rings (SSSR count). The summed E-state index contributed by atoms with van der Waals surface area (Å²) in [6, 6.07) is 22.0. The third kappa shape index (κ3) is 2.55. The first kappa shape index (κ1) is 14.8. The van der Waals surface area contributed by atoms with E-state index in [4.69, 9.17) is 4.74 Å². The van der Waals surface area contributed by atoms with E-state index < -0.39 is 11.9 Å². The molecule has 1 atom stereocenters. The lowest BCUT2D eigenvalue weighted by Gasteiger charge is -2.27. The number of rotatable bonds is 2. The molecule has 3 nitrogen and oxygen atoms in total. The number of ether oxygens (including phenoxy) is 1. The number of phenolic OH excluding ortho intramolecular Hbond substituents is 1. The summed E-state index contributed by atoms with van der Waals surface area (Å²) in [5, 5.41) is 10.3. The largest absolute Gasteiger partial charge is 0.508 e. The Balaban J connectivity index is 1.81. The molecule has 3 aromatic rings. The summed E-state index contributed by atoms with van der Waals surface area (Å²) < 4.78 is 5.56. The monoisotopic (exact) mass is 334 g/mol. The van der Waals surface area contributed by atoms with Crippen LogP contribution in [0.25, 0.3) is 0 Å². The van der Waals surface area contributed by atoms with Crippen molar-refractivity contribution < 1.29 is 14.6 Å².